The highest BCUT2D eigenvalue weighted by molar-refractivity contribution is 7.92. The van der Waals surface area contributed by atoms with Gasteiger partial charge in [-0.25, -0.2) is 8.42 Å². The van der Waals surface area contributed by atoms with Crippen molar-refractivity contribution in [1.82, 2.24) is 0 Å². The van der Waals surface area contributed by atoms with Gasteiger partial charge in [-0.1, -0.05) is 29.8 Å². The molecular weight excluding hydrogens is 453 g/mol. The molecule has 0 unspecified atom stereocenters. The topological polar surface area (TPSA) is 66.5 Å². The van der Waals surface area contributed by atoms with Crippen molar-refractivity contribution in [1.29, 1.82) is 0 Å². The number of carbonyl (C=O) groups excluding carboxylic acids is 1. The maximum Gasteiger partial charge on any atom is 0.417 e. The van der Waals surface area contributed by atoms with Gasteiger partial charge in [-0.15, -0.1) is 0 Å². The Balaban J connectivity index is 1.62. The molecule has 0 fully saturated rings. The van der Waals surface area contributed by atoms with Crippen LogP contribution < -0.4 is 9.62 Å². The molecule has 4 rings (SSSR count). The van der Waals surface area contributed by atoms with Crippen LogP contribution in [0.15, 0.2) is 71.6 Å². The summed E-state index contributed by atoms with van der Waals surface area (Å²) in [6, 6.07) is 15.8. The summed E-state index contributed by atoms with van der Waals surface area (Å²) >= 11 is 0. The SMILES string of the molecule is Cc1ccc(S(=O)(=O)N2CCCc3cc(NC(=O)c4ccccc4C(F)(F)F)ccc32)cc1. The van der Waals surface area contributed by atoms with Gasteiger partial charge in [0.05, 0.1) is 21.7 Å². The maximum absolute atomic E-state index is 13.2. The van der Waals surface area contributed by atoms with Crippen molar-refractivity contribution in [2.45, 2.75) is 30.8 Å². The number of halogens is 3. The monoisotopic (exact) mass is 474 g/mol. The summed E-state index contributed by atoms with van der Waals surface area (Å²) in [6.07, 6.45) is -3.50. The van der Waals surface area contributed by atoms with Gasteiger partial charge in [0.25, 0.3) is 15.9 Å². The lowest BCUT2D eigenvalue weighted by Crippen LogP contribution is -2.35. The van der Waals surface area contributed by atoms with Crippen LogP contribution in [0.25, 0.3) is 0 Å². The maximum atomic E-state index is 13.2. The van der Waals surface area contributed by atoms with Crippen LogP contribution in [-0.4, -0.2) is 20.9 Å². The predicted octanol–water partition coefficient (Wildman–Crippen LogP) is 5.41. The first-order valence-electron chi connectivity index (χ1n) is 10.3. The molecule has 0 spiro atoms. The van der Waals surface area contributed by atoms with E-state index in [1.807, 2.05) is 6.92 Å². The van der Waals surface area contributed by atoms with Crippen molar-refractivity contribution >= 4 is 27.3 Å². The number of alkyl halides is 3. The Labute approximate surface area is 189 Å². The Morgan fingerprint density at radius 1 is 1.00 bits per heavy atom. The van der Waals surface area contributed by atoms with E-state index < -0.39 is 33.2 Å². The van der Waals surface area contributed by atoms with E-state index >= 15 is 0 Å². The molecule has 0 saturated heterocycles. The average Bonchev–Trinajstić information content (AvgIpc) is 2.78. The lowest BCUT2D eigenvalue weighted by molar-refractivity contribution is -0.137. The number of hydrogen-bond donors (Lipinski definition) is 1. The van der Waals surface area contributed by atoms with Crippen LogP contribution in [0.1, 0.15) is 33.5 Å². The zero-order valence-electron chi connectivity index (χ0n) is 17.7. The number of fused-ring (bicyclic) bond motifs is 1. The minimum atomic E-state index is -4.66. The Morgan fingerprint density at radius 2 is 1.70 bits per heavy atom. The van der Waals surface area contributed by atoms with Crippen LogP contribution in [0, 0.1) is 6.92 Å². The minimum absolute atomic E-state index is 0.182. The van der Waals surface area contributed by atoms with Crippen LogP contribution in [-0.2, 0) is 22.6 Å². The molecule has 0 aliphatic carbocycles. The molecule has 0 aromatic heterocycles. The number of nitrogens with zero attached hydrogens (tertiary/aromatic N) is 1. The van der Waals surface area contributed by atoms with Crippen molar-refractivity contribution in [2.75, 3.05) is 16.2 Å². The quantitative estimate of drug-likeness (QED) is 0.550. The number of hydrogen-bond acceptors (Lipinski definition) is 3. The zero-order valence-corrected chi connectivity index (χ0v) is 18.5. The second-order valence-electron chi connectivity index (χ2n) is 7.83. The smallest absolute Gasteiger partial charge is 0.322 e. The number of anilines is 2. The van der Waals surface area contributed by atoms with Crippen LogP contribution in [0.4, 0.5) is 24.5 Å². The second kappa shape index (κ2) is 8.55. The molecule has 3 aromatic rings. The Kier molecular flexibility index (Phi) is 5.92. The summed E-state index contributed by atoms with van der Waals surface area (Å²) in [5, 5.41) is 2.51. The number of carbonyl (C=O) groups is 1. The molecule has 1 aliphatic heterocycles. The molecule has 1 N–H and O–H groups in total. The van der Waals surface area contributed by atoms with Gasteiger partial charge < -0.3 is 5.32 Å². The van der Waals surface area contributed by atoms with Crippen molar-refractivity contribution in [3.05, 3.63) is 89.0 Å². The number of amides is 1. The Bertz CT molecular complexity index is 1300. The third kappa shape index (κ3) is 4.59. The summed E-state index contributed by atoms with van der Waals surface area (Å²) in [6.45, 7) is 2.18. The van der Waals surface area contributed by atoms with Gasteiger partial charge in [-0.2, -0.15) is 13.2 Å². The molecule has 0 bridgehead atoms. The second-order valence-corrected chi connectivity index (χ2v) is 9.70. The van der Waals surface area contributed by atoms with E-state index in [1.165, 1.54) is 22.5 Å². The zero-order chi connectivity index (χ0) is 23.8. The van der Waals surface area contributed by atoms with Gasteiger partial charge in [0.2, 0.25) is 0 Å². The van der Waals surface area contributed by atoms with Gasteiger partial charge in [0, 0.05) is 12.2 Å². The third-order valence-corrected chi connectivity index (χ3v) is 7.33. The number of sulfonamides is 1. The molecule has 0 radical (unpaired) electrons. The molecule has 1 amide bonds. The predicted molar refractivity (Wildman–Crippen MR) is 120 cm³/mol. The molecule has 5 nitrogen and oxygen atoms in total. The lowest BCUT2D eigenvalue weighted by atomic mass is 10.0. The number of benzene rings is 3. The van der Waals surface area contributed by atoms with Crippen molar-refractivity contribution < 1.29 is 26.4 Å². The fraction of sp³-hybridized carbons (Fsp3) is 0.208. The van der Waals surface area contributed by atoms with Crippen LogP contribution in [0.2, 0.25) is 0 Å². The highest BCUT2D eigenvalue weighted by atomic mass is 32.2. The first kappa shape index (κ1) is 22.8. The summed E-state index contributed by atoms with van der Waals surface area (Å²) < 4.78 is 67.5. The van der Waals surface area contributed by atoms with Gasteiger partial charge in [-0.05, 0) is 67.8 Å². The molecule has 172 valence electrons. The molecular formula is C24H21F3N2O3S. The summed E-state index contributed by atoms with van der Waals surface area (Å²) in [5.74, 6) is -0.886. The number of rotatable bonds is 4. The van der Waals surface area contributed by atoms with E-state index in [0.29, 0.717) is 36.3 Å². The molecule has 33 heavy (non-hydrogen) atoms. The summed E-state index contributed by atoms with van der Waals surface area (Å²) in [7, 11) is -3.77. The Morgan fingerprint density at radius 3 is 2.39 bits per heavy atom. The Hall–Kier alpha value is -3.33. The number of aryl methyl sites for hydroxylation is 2. The first-order valence-corrected chi connectivity index (χ1v) is 11.7. The molecule has 9 heteroatoms. The van der Waals surface area contributed by atoms with Gasteiger partial charge >= 0.3 is 6.18 Å². The van der Waals surface area contributed by atoms with Crippen molar-refractivity contribution in [2.24, 2.45) is 0 Å². The lowest BCUT2D eigenvalue weighted by Gasteiger charge is -2.31. The minimum Gasteiger partial charge on any atom is -0.322 e. The fourth-order valence-corrected chi connectivity index (χ4v) is 5.40. The van der Waals surface area contributed by atoms with E-state index in [4.69, 9.17) is 0 Å². The highest BCUT2D eigenvalue weighted by Crippen LogP contribution is 2.35. The summed E-state index contributed by atoms with van der Waals surface area (Å²) in [4.78, 5) is 12.8. The van der Waals surface area contributed by atoms with Crippen molar-refractivity contribution in [3.8, 4) is 0 Å². The standard InChI is InChI=1S/C24H21F3N2O3S/c1-16-8-11-19(12-9-16)33(31,32)29-14-4-5-17-15-18(10-13-22(17)29)28-23(30)20-6-2-3-7-21(20)24(25,26)27/h2-3,6-13,15H,4-5,14H2,1H3,(H,28,30). The van der Waals surface area contributed by atoms with Crippen LogP contribution >= 0.6 is 0 Å². The normalized spacial score (nSPS) is 14.0. The fourth-order valence-electron chi connectivity index (χ4n) is 3.85. The van der Waals surface area contributed by atoms with Crippen LogP contribution in [0.3, 0.4) is 0 Å². The van der Waals surface area contributed by atoms with Gasteiger partial charge in [0.15, 0.2) is 0 Å². The van der Waals surface area contributed by atoms with E-state index in [9.17, 15) is 26.4 Å². The summed E-state index contributed by atoms with van der Waals surface area (Å²) in [5.41, 5.74) is 0.933. The van der Waals surface area contributed by atoms with Crippen molar-refractivity contribution in [3.63, 3.8) is 0 Å². The number of nitrogens with one attached hydrogen (secondary N) is 1. The highest BCUT2D eigenvalue weighted by Gasteiger charge is 2.35. The van der Waals surface area contributed by atoms with Crippen LogP contribution in [0.5, 0.6) is 0 Å². The molecule has 1 aliphatic rings. The third-order valence-electron chi connectivity index (χ3n) is 5.50. The average molecular weight is 475 g/mol. The van der Waals surface area contributed by atoms with E-state index in [1.54, 1.807) is 36.4 Å². The van der Waals surface area contributed by atoms with Gasteiger partial charge in [0.1, 0.15) is 0 Å². The van der Waals surface area contributed by atoms with E-state index in [-0.39, 0.29) is 4.90 Å². The molecule has 0 atom stereocenters. The largest absolute Gasteiger partial charge is 0.417 e. The molecule has 0 saturated carbocycles. The van der Waals surface area contributed by atoms with E-state index in [0.717, 1.165) is 17.7 Å². The molecule has 1 heterocycles. The molecule has 3 aromatic carbocycles. The van der Waals surface area contributed by atoms with E-state index in [2.05, 4.69) is 5.32 Å². The first-order chi connectivity index (χ1) is 15.6. The van der Waals surface area contributed by atoms with Gasteiger partial charge in [-0.3, -0.25) is 9.10 Å².